The SMILES string of the molecule is COCc1ccccc1NC(=O)CCn1c(=O)oc2cc(S(=O)(=O)N3CCCC3)ccc21. The molecule has 0 bridgehead atoms. The van der Waals surface area contributed by atoms with E-state index in [1.54, 1.807) is 19.2 Å². The molecule has 2 aromatic carbocycles. The third-order valence-corrected chi connectivity index (χ3v) is 7.39. The first-order valence-corrected chi connectivity index (χ1v) is 11.8. The molecule has 0 aliphatic carbocycles. The number of hydrogen-bond donors (Lipinski definition) is 1. The maximum Gasteiger partial charge on any atom is 0.419 e. The van der Waals surface area contributed by atoms with Gasteiger partial charge in [-0.2, -0.15) is 4.31 Å². The summed E-state index contributed by atoms with van der Waals surface area (Å²) in [5.41, 5.74) is 2.13. The summed E-state index contributed by atoms with van der Waals surface area (Å²) in [6, 6.07) is 11.7. The molecule has 9 nitrogen and oxygen atoms in total. The van der Waals surface area contributed by atoms with Gasteiger partial charge in [0.2, 0.25) is 15.9 Å². The van der Waals surface area contributed by atoms with Crippen LogP contribution in [0.4, 0.5) is 5.69 Å². The van der Waals surface area contributed by atoms with Gasteiger partial charge in [0.25, 0.3) is 0 Å². The second-order valence-corrected chi connectivity index (χ2v) is 9.59. The second kappa shape index (κ2) is 9.27. The number of hydrogen-bond acceptors (Lipinski definition) is 6. The molecule has 1 aliphatic heterocycles. The summed E-state index contributed by atoms with van der Waals surface area (Å²) in [6.07, 6.45) is 1.72. The highest BCUT2D eigenvalue weighted by atomic mass is 32.2. The standard InChI is InChI=1S/C22H25N3O6S/c1-30-15-16-6-2-3-7-18(16)23-21(26)10-13-25-19-9-8-17(14-20(19)31-22(25)27)32(28,29)24-11-4-5-12-24/h2-3,6-9,14H,4-5,10-13,15H2,1H3,(H,23,26). The van der Waals surface area contributed by atoms with Gasteiger partial charge < -0.3 is 14.5 Å². The lowest BCUT2D eigenvalue weighted by atomic mass is 10.2. The average Bonchev–Trinajstić information content (AvgIpc) is 3.41. The molecule has 10 heteroatoms. The number of anilines is 1. The van der Waals surface area contributed by atoms with Crippen LogP contribution in [0.5, 0.6) is 0 Å². The first kappa shape index (κ1) is 22.3. The Hall–Kier alpha value is -2.95. The molecule has 1 saturated heterocycles. The fourth-order valence-corrected chi connectivity index (χ4v) is 5.38. The van der Waals surface area contributed by atoms with Gasteiger partial charge in [-0.15, -0.1) is 0 Å². The van der Waals surface area contributed by atoms with Crippen LogP contribution in [-0.2, 0) is 32.7 Å². The fraction of sp³-hybridized carbons (Fsp3) is 0.364. The van der Waals surface area contributed by atoms with Gasteiger partial charge in [-0.1, -0.05) is 18.2 Å². The maximum atomic E-state index is 12.8. The van der Waals surface area contributed by atoms with E-state index in [0.717, 1.165) is 18.4 Å². The number of para-hydroxylation sites is 1. The zero-order chi connectivity index (χ0) is 22.7. The van der Waals surface area contributed by atoms with E-state index < -0.39 is 15.8 Å². The number of rotatable bonds is 8. The number of aromatic nitrogens is 1. The Morgan fingerprint density at radius 2 is 1.91 bits per heavy atom. The molecule has 1 N–H and O–H groups in total. The van der Waals surface area contributed by atoms with Crippen LogP contribution < -0.4 is 11.1 Å². The van der Waals surface area contributed by atoms with Gasteiger partial charge in [-0.25, -0.2) is 13.2 Å². The van der Waals surface area contributed by atoms with Crippen molar-refractivity contribution in [3.05, 3.63) is 58.6 Å². The largest absolute Gasteiger partial charge is 0.419 e. The number of fused-ring (bicyclic) bond motifs is 1. The van der Waals surface area contributed by atoms with Gasteiger partial charge in [0.15, 0.2) is 5.58 Å². The topological polar surface area (TPSA) is 111 Å². The first-order chi connectivity index (χ1) is 15.4. The number of amides is 1. The normalized spacial score (nSPS) is 14.8. The van der Waals surface area contributed by atoms with Crippen molar-refractivity contribution in [3.63, 3.8) is 0 Å². The van der Waals surface area contributed by atoms with E-state index in [1.807, 2.05) is 18.2 Å². The Balaban J connectivity index is 1.50. The molecular weight excluding hydrogens is 434 g/mol. The van der Waals surface area contributed by atoms with Crippen LogP contribution in [0.15, 0.2) is 56.6 Å². The minimum atomic E-state index is -3.62. The van der Waals surface area contributed by atoms with Crippen molar-refractivity contribution in [1.29, 1.82) is 0 Å². The van der Waals surface area contributed by atoms with Crippen LogP contribution in [0, 0.1) is 0 Å². The molecule has 170 valence electrons. The predicted molar refractivity (Wildman–Crippen MR) is 119 cm³/mol. The average molecular weight is 460 g/mol. The maximum absolute atomic E-state index is 12.8. The Morgan fingerprint density at radius 1 is 1.16 bits per heavy atom. The smallest absolute Gasteiger partial charge is 0.408 e. The number of benzene rings is 2. The Bertz CT molecular complexity index is 1290. The number of carbonyl (C=O) groups excluding carboxylic acids is 1. The number of sulfonamides is 1. The first-order valence-electron chi connectivity index (χ1n) is 10.4. The highest BCUT2D eigenvalue weighted by molar-refractivity contribution is 7.89. The van der Waals surface area contributed by atoms with Crippen LogP contribution in [-0.4, -0.2) is 43.4 Å². The van der Waals surface area contributed by atoms with Crippen molar-refractivity contribution < 1.29 is 22.4 Å². The third kappa shape index (κ3) is 4.47. The predicted octanol–water partition coefficient (Wildman–Crippen LogP) is 2.55. The van der Waals surface area contributed by atoms with Crippen molar-refractivity contribution in [1.82, 2.24) is 8.87 Å². The van der Waals surface area contributed by atoms with E-state index in [2.05, 4.69) is 5.32 Å². The lowest BCUT2D eigenvalue weighted by Gasteiger charge is -2.15. The lowest BCUT2D eigenvalue weighted by molar-refractivity contribution is -0.116. The van der Waals surface area contributed by atoms with Crippen molar-refractivity contribution >= 4 is 32.7 Å². The van der Waals surface area contributed by atoms with Crippen LogP contribution in [0.1, 0.15) is 24.8 Å². The molecule has 1 fully saturated rings. The fourth-order valence-electron chi connectivity index (χ4n) is 3.85. The van der Waals surface area contributed by atoms with Gasteiger partial charge in [0.1, 0.15) is 0 Å². The number of aryl methyl sites for hydroxylation is 1. The molecule has 0 atom stereocenters. The number of carbonyl (C=O) groups is 1. The van der Waals surface area contributed by atoms with E-state index in [0.29, 0.717) is 30.9 Å². The summed E-state index contributed by atoms with van der Waals surface area (Å²) in [5.74, 6) is -0.897. The molecule has 0 spiro atoms. The summed E-state index contributed by atoms with van der Waals surface area (Å²) < 4.78 is 38.7. The molecule has 32 heavy (non-hydrogen) atoms. The number of nitrogens with one attached hydrogen (secondary N) is 1. The molecule has 1 aromatic heterocycles. The number of methoxy groups -OCH3 is 1. The minimum Gasteiger partial charge on any atom is -0.408 e. The highest BCUT2D eigenvalue weighted by Crippen LogP contribution is 2.24. The van der Waals surface area contributed by atoms with Crippen molar-refractivity contribution in [2.24, 2.45) is 0 Å². The van der Waals surface area contributed by atoms with Crippen LogP contribution in [0.2, 0.25) is 0 Å². The molecule has 3 aromatic rings. The minimum absolute atomic E-state index is 0.0453. The third-order valence-electron chi connectivity index (χ3n) is 5.50. The second-order valence-electron chi connectivity index (χ2n) is 7.65. The van der Waals surface area contributed by atoms with Crippen molar-refractivity contribution in [2.75, 3.05) is 25.5 Å². The molecule has 4 rings (SSSR count). The quantitative estimate of drug-likeness (QED) is 0.554. The van der Waals surface area contributed by atoms with Gasteiger partial charge in [0, 0.05) is 50.5 Å². The zero-order valence-corrected chi connectivity index (χ0v) is 18.6. The molecule has 0 saturated carbocycles. The van der Waals surface area contributed by atoms with Crippen molar-refractivity contribution in [3.8, 4) is 0 Å². The molecular formula is C22H25N3O6S. The summed E-state index contributed by atoms with van der Waals surface area (Å²) in [7, 11) is -2.04. The molecule has 2 heterocycles. The van der Waals surface area contributed by atoms with Crippen molar-refractivity contribution in [2.45, 2.75) is 37.3 Å². The van der Waals surface area contributed by atoms with E-state index in [-0.39, 0.29) is 29.4 Å². The molecule has 1 aliphatic rings. The van der Waals surface area contributed by atoms with Gasteiger partial charge in [-0.05, 0) is 31.0 Å². The van der Waals surface area contributed by atoms with Crippen LogP contribution in [0.3, 0.4) is 0 Å². The van der Waals surface area contributed by atoms with E-state index >= 15 is 0 Å². The number of oxazole rings is 1. The van der Waals surface area contributed by atoms with Gasteiger partial charge in [-0.3, -0.25) is 9.36 Å². The summed E-state index contributed by atoms with van der Waals surface area (Å²) in [6.45, 7) is 1.45. The van der Waals surface area contributed by atoms with E-state index in [4.69, 9.17) is 9.15 Å². The molecule has 0 radical (unpaired) electrons. The van der Waals surface area contributed by atoms with E-state index in [1.165, 1.54) is 21.0 Å². The molecule has 0 unspecified atom stereocenters. The Kier molecular flexibility index (Phi) is 6.45. The van der Waals surface area contributed by atoms with Gasteiger partial charge in [0.05, 0.1) is 17.0 Å². The number of nitrogens with zero attached hydrogens (tertiary/aromatic N) is 2. The highest BCUT2D eigenvalue weighted by Gasteiger charge is 2.28. The number of ether oxygens (including phenoxy) is 1. The summed E-state index contributed by atoms with van der Waals surface area (Å²) >= 11 is 0. The summed E-state index contributed by atoms with van der Waals surface area (Å²) in [4.78, 5) is 24.9. The Morgan fingerprint density at radius 3 is 2.66 bits per heavy atom. The van der Waals surface area contributed by atoms with E-state index in [9.17, 15) is 18.0 Å². The summed E-state index contributed by atoms with van der Waals surface area (Å²) in [5, 5.41) is 2.84. The van der Waals surface area contributed by atoms with Crippen LogP contribution in [0.25, 0.3) is 11.1 Å². The zero-order valence-electron chi connectivity index (χ0n) is 17.7. The monoisotopic (exact) mass is 459 g/mol. The van der Waals surface area contributed by atoms with Gasteiger partial charge >= 0.3 is 5.76 Å². The van der Waals surface area contributed by atoms with Crippen LogP contribution >= 0.6 is 0 Å². The molecule has 1 amide bonds. The lowest BCUT2D eigenvalue weighted by Crippen LogP contribution is -2.27. The Labute approximate surface area is 185 Å².